The first-order valence-corrected chi connectivity index (χ1v) is 7.56. The molecule has 2 aromatic carbocycles. The maximum atomic E-state index is 12.1. The Kier molecular flexibility index (Phi) is 3.71. The van der Waals surface area contributed by atoms with Crippen molar-refractivity contribution < 1.29 is 4.79 Å². The van der Waals surface area contributed by atoms with E-state index in [1.54, 1.807) is 5.01 Å². The third-order valence-electron chi connectivity index (χ3n) is 2.93. The first-order chi connectivity index (χ1) is 9.77. The molecular formula is C15H12N2OS2. The fraction of sp³-hybridized carbons (Fsp3) is 0.0667. The summed E-state index contributed by atoms with van der Waals surface area (Å²) in [5, 5.41) is 3.44. The Morgan fingerprint density at radius 1 is 0.950 bits per heavy atom. The van der Waals surface area contributed by atoms with Crippen molar-refractivity contribution in [2.45, 2.75) is 0 Å². The van der Waals surface area contributed by atoms with Gasteiger partial charge in [-0.05, 0) is 24.3 Å². The van der Waals surface area contributed by atoms with Crippen molar-refractivity contribution >= 4 is 45.6 Å². The van der Waals surface area contributed by atoms with Crippen LogP contribution in [0.5, 0.6) is 0 Å². The predicted molar refractivity (Wildman–Crippen MR) is 86.9 cm³/mol. The number of thioether (sulfide) groups is 1. The van der Waals surface area contributed by atoms with Gasteiger partial charge in [-0.15, -0.1) is 0 Å². The average Bonchev–Trinajstić information content (AvgIpc) is 2.82. The molecule has 3 nitrogen and oxygen atoms in total. The number of rotatable bonds is 3. The Hall–Kier alpha value is -1.85. The summed E-state index contributed by atoms with van der Waals surface area (Å²) in [6, 6.07) is 19.5. The lowest BCUT2D eigenvalue weighted by atomic mass is 10.2. The van der Waals surface area contributed by atoms with Crippen LogP contribution in [0.25, 0.3) is 0 Å². The predicted octanol–water partition coefficient (Wildman–Crippen LogP) is 3.60. The van der Waals surface area contributed by atoms with Gasteiger partial charge < -0.3 is 0 Å². The van der Waals surface area contributed by atoms with Crippen LogP contribution in [0.3, 0.4) is 0 Å². The second kappa shape index (κ2) is 5.64. The van der Waals surface area contributed by atoms with E-state index >= 15 is 0 Å². The molecule has 1 fully saturated rings. The highest BCUT2D eigenvalue weighted by molar-refractivity contribution is 8.24. The molecule has 0 spiro atoms. The second-order valence-electron chi connectivity index (χ2n) is 4.24. The maximum Gasteiger partial charge on any atom is 0.257 e. The molecule has 1 amide bonds. The Labute approximate surface area is 127 Å². The normalized spacial score (nSPS) is 14.7. The van der Waals surface area contributed by atoms with E-state index in [4.69, 9.17) is 12.2 Å². The number of anilines is 2. The summed E-state index contributed by atoms with van der Waals surface area (Å²) in [7, 11) is 0. The van der Waals surface area contributed by atoms with Gasteiger partial charge in [0.25, 0.3) is 5.91 Å². The molecule has 1 saturated heterocycles. The zero-order chi connectivity index (χ0) is 13.9. The van der Waals surface area contributed by atoms with Crippen molar-refractivity contribution in [2.24, 2.45) is 0 Å². The Morgan fingerprint density at radius 3 is 1.85 bits per heavy atom. The molecule has 0 N–H and O–H groups in total. The first kappa shape index (κ1) is 13.1. The highest BCUT2D eigenvalue weighted by Crippen LogP contribution is 2.32. The molecule has 0 saturated carbocycles. The van der Waals surface area contributed by atoms with Crippen LogP contribution in [0.2, 0.25) is 0 Å². The van der Waals surface area contributed by atoms with E-state index in [0.29, 0.717) is 10.1 Å². The number of hydrogen-bond acceptors (Lipinski definition) is 4. The minimum Gasteiger partial charge on any atom is -0.272 e. The number of carbonyl (C=O) groups excluding carboxylic acids is 1. The lowest BCUT2D eigenvalue weighted by Crippen LogP contribution is -2.42. The van der Waals surface area contributed by atoms with Crippen molar-refractivity contribution in [2.75, 3.05) is 10.8 Å². The molecule has 0 atom stereocenters. The quantitative estimate of drug-likeness (QED) is 0.808. The van der Waals surface area contributed by atoms with E-state index in [0.717, 1.165) is 11.4 Å². The molecule has 0 radical (unpaired) electrons. The summed E-state index contributed by atoms with van der Waals surface area (Å²) in [6.07, 6.45) is 0. The SMILES string of the molecule is O=C1CSC(=S)N1N(c1ccccc1)c1ccccc1. The molecule has 100 valence electrons. The number of thiocarbonyl (C=S) groups is 1. The topological polar surface area (TPSA) is 23.6 Å². The van der Waals surface area contributed by atoms with Crippen LogP contribution in [-0.2, 0) is 4.79 Å². The third-order valence-corrected chi connectivity index (χ3v) is 4.27. The molecule has 1 heterocycles. The highest BCUT2D eigenvalue weighted by Gasteiger charge is 2.33. The van der Waals surface area contributed by atoms with Gasteiger partial charge in [0.1, 0.15) is 0 Å². The largest absolute Gasteiger partial charge is 0.272 e. The van der Waals surface area contributed by atoms with Gasteiger partial charge in [-0.25, -0.2) is 5.01 Å². The van der Waals surface area contributed by atoms with Crippen LogP contribution < -0.4 is 5.01 Å². The maximum absolute atomic E-state index is 12.1. The third kappa shape index (κ3) is 2.42. The van der Waals surface area contributed by atoms with Crippen LogP contribution in [0.15, 0.2) is 60.7 Å². The van der Waals surface area contributed by atoms with Crippen LogP contribution in [0, 0.1) is 0 Å². The Bertz CT molecular complexity index is 575. The average molecular weight is 300 g/mol. The molecule has 0 bridgehead atoms. The lowest BCUT2D eigenvalue weighted by molar-refractivity contribution is -0.124. The van der Waals surface area contributed by atoms with Crippen LogP contribution in [0.1, 0.15) is 0 Å². The van der Waals surface area contributed by atoms with E-state index in [1.807, 2.05) is 65.7 Å². The number of para-hydroxylation sites is 2. The van der Waals surface area contributed by atoms with Gasteiger partial charge in [-0.3, -0.25) is 4.79 Å². The summed E-state index contributed by atoms with van der Waals surface area (Å²) >= 11 is 6.72. The summed E-state index contributed by atoms with van der Waals surface area (Å²) in [5.74, 6) is 0.405. The number of nitrogens with zero attached hydrogens (tertiary/aromatic N) is 2. The summed E-state index contributed by atoms with van der Waals surface area (Å²) in [5.41, 5.74) is 1.83. The summed E-state index contributed by atoms with van der Waals surface area (Å²) in [4.78, 5) is 12.1. The van der Waals surface area contributed by atoms with E-state index in [2.05, 4.69) is 0 Å². The van der Waals surface area contributed by atoms with Crippen LogP contribution >= 0.6 is 24.0 Å². The molecule has 0 aromatic heterocycles. The summed E-state index contributed by atoms with van der Waals surface area (Å²) in [6.45, 7) is 0. The Balaban J connectivity index is 2.09. The van der Waals surface area contributed by atoms with E-state index in [9.17, 15) is 4.79 Å². The van der Waals surface area contributed by atoms with Crippen molar-refractivity contribution in [1.29, 1.82) is 0 Å². The standard InChI is InChI=1S/C15H12N2OS2/c18-14-11-20-15(19)17(14)16(12-7-3-1-4-8-12)13-9-5-2-6-10-13/h1-10H,11H2. The number of hydrazine groups is 1. The van der Waals surface area contributed by atoms with E-state index in [1.165, 1.54) is 11.8 Å². The van der Waals surface area contributed by atoms with Gasteiger partial charge in [0.15, 0.2) is 4.32 Å². The summed E-state index contributed by atoms with van der Waals surface area (Å²) < 4.78 is 0.586. The van der Waals surface area contributed by atoms with Gasteiger partial charge in [0.2, 0.25) is 0 Å². The number of amides is 1. The van der Waals surface area contributed by atoms with Crippen molar-refractivity contribution in [1.82, 2.24) is 5.01 Å². The van der Waals surface area contributed by atoms with Crippen molar-refractivity contribution in [3.05, 3.63) is 60.7 Å². The molecule has 2 aromatic rings. The molecule has 3 rings (SSSR count). The lowest BCUT2D eigenvalue weighted by Gasteiger charge is -2.32. The highest BCUT2D eigenvalue weighted by atomic mass is 32.2. The number of benzene rings is 2. The zero-order valence-corrected chi connectivity index (χ0v) is 12.2. The van der Waals surface area contributed by atoms with E-state index < -0.39 is 0 Å². The molecule has 0 aliphatic carbocycles. The first-order valence-electron chi connectivity index (χ1n) is 6.17. The molecule has 1 aliphatic rings. The van der Waals surface area contributed by atoms with E-state index in [-0.39, 0.29) is 5.91 Å². The van der Waals surface area contributed by atoms with Gasteiger partial charge in [-0.2, -0.15) is 5.01 Å². The molecule has 1 aliphatic heterocycles. The Morgan fingerprint density at radius 2 is 1.45 bits per heavy atom. The van der Waals surface area contributed by atoms with Gasteiger partial charge in [0.05, 0.1) is 17.1 Å². The number of carbonyl (C=O) groups is 1. The van der Waals surface area contributed by atoms with Crippen LogP contribution in [-0.4, -0.2) is 21.0 Å². The van der Waals surface area contributed by atoms with Crippen LogP contribution in [0.4, 0.5) is 11.4 Å². The zero-order valence-electron chi connectivity index (χ0n) is 10.6. The smallest absolute Gasteiger partial charge is 0.257 e. The van der Waals surface area contributed by atoms with Gasteiger partial charge in [-0.1, -0.05) is 60.4 Å². The second-order valence-corrected chi connectivity index (χ2v) is 5.85. The monoisotopic (exact) mass is 300 g/mol. The molecular weight excluding hydrogens is 288 g/mol. The van der Waals surface area contributed by atoms with Crippen molar-refractivity contribution in [3.8, 4) is 0 Å². The minimum atomic E-state index is 0.00714. The van der Waals surface area contributed by atoms with Gasteiger partial charge >= 0.3 is 0 Å². The van der Waals surface area contributed by atoms with Crippen molar-refractivity contribution in [3.63, 3.8) is 0 Å². The molecule has 20 heavy (non-hydrogen) atoms. The number of hydrogen-bond donors (Lipinski definition) is 0. The van der Waals surface area contributed by atoms with Gasteiger partial charge in [0, 0.05) is 0 Å². The minimum absolute atomic E-state index is 0.00714. The molecule has 0 unspecified atom stereocenters. The molecule has 5 heteroatoms. The fourth-order valence-electron chi connectivity index (χ4n) is 2.06. The fourth-order valence-corrected chi connectivity index (χ4v) is 3.09.